The highest BCUT2D eigenvalue weighted by molar-refractivity contribution is 7.26. The van der Waals surface area contributed by atoms with E-state index in [1.165, 1.54) is 57.0 Å². The predicted molar refractivity (Wildman–Crippen MR) is 154 cm³/mol. The van der Waals surface area contributed by atoms with Gasteiger partial charge in [0, 0.05) is 40.3 Å². The normalized spacial score (nSPS) is 13.0. The zero-order valence-corrected chi connectivity index (χ0v) is 22.2. The van der Waals surface area contributed by atoms with E-state index in [-0.39, 0.29) is 10.8 Å². The zero-order chi connectivity index (χ0) is 23.7. The molecule has 2 aromatic heterocycles. The highest BCUT2D eigenvalue weighted by Crippen LogP contribution is 2.42. The second kappa shape index (κ2) is 7.66. The van der Waals surface area contributed by atoms with Gasteiger partial charge >= 0.3 is 0 Å². The minimum Gasteiger partial charge on any atom is -0.135 e. The van der Waals surface area contributed by atoms with Crippen molar-refractivity contribution in [1.29, 1.82) is 0 Å². The Labute approximate surface area is 209 Å². The summed E-state index contributed by atoms with van der Waals surface area (Å²) in [6.07, 6.45) is 1.03. The number of hydrogen-bond donors (Lipinski definition) is 0. The summed E-state index contributed by atoms with van der Waals surface area (Å²) < 4.78 is 5.59. The molecule has 0 radical (unpaired) electrons. The van der Waals surface area contributed by atoms with Crippen molar-refractivity contribution < 1.29 is 0 Å². The first-order valence-electron chi connectivity index (χ1n) is 12.1. The predicted octanol–water partition coefficient (Wildman–Crippen LogP) is 10.2. The third-order valence-electron chi connectivity index (χ3n) is 7.18. The van der Waals surface area contributed by atoms with Gasteiger partial charge in [-0.05, 0) is 58.2 Å². The fourth-order valence-corrected chi connectivity index (χ4v) is 7.83. The Bertz CT molecular complexity index is 1690. The van der Waals surface area contributed by atoms with Gasteiger partial charge in [-0.15, -0.1) is 22.7 Å². The lowest BCUT2D eigenvalue weighted by Gasteiger charge is -2.26. The Morgan fingerprint density at radius 3 is 2.15 bits per heavy atom. The third kappa shape index (κ3) is 3.56. The highest BCUT2D eigenvalue weighted by atomic mass is 32.1. The highest BCUT2D eigenvalue weighted by Gasteiger charge is 2.25. The lowest BCUT2D eigenvalue weighted by Crippen LogP contribution is -2.20. The minimum atomic E-state index is 0.0458. The van der Waals surface area contributed by atoms with Crippen LogP contribution in [0.1, 0.15) is 51.3 Å². The third-order valence-corrected chi connectivity index (χ3v) is 9.53. The van der Waals surface area contributed by atoms with Gasteiger partial charge in [0.25, 0.3) is 0 Å². The van der Waals surface area contributed by atoms with Crippen molar-refractivity contribution in [1.82, 2.24) is 0 Å². The van der Waals surface area contributed by atoms with Crippen molar-refractivity contribution in [3.63, 3.8) is 0 Å². The molecule has 0 N–H and O–H groups in total. The molecule has 0 saturated heterocycles. The molecule has 6 aromatic rings. The number of fused-ring (bicyclic) bond motifs is 6. The zero-order valence-electron chi connectivity index (χ0n) is 20.5. The van der Waals surface area contributed by atoms with E-state index in [2.05, 4.69) is 113 Å². The summed E-state index contributed by atoms with van der Waals surface area (Å²) in [7, 11) is 0. The summed E-state index contributed by atoms with van der Waals surface area (Å²) in [5.74, 6) is 0. The Morgan fingerprint density at radius 1 is 0.588 bits per heavy atom. The fraction of sp³-hybridized carbons (Fsp3) is 0.250. The van der Waals surface area contributed by atoms with Gasteiger partial charge in [0.2, 0.25) is 0 Å². The van der Waals surface area contributed by atoms with Crippen LogP contribution >= 0.6 is 22.7 Å². The maximum Gasteiger partial charge on any atom is 0.0392 e. The first-order chi connectivity index (χ1) is 16.2. The molecule has 4 aromatic carbocycles. The van der Waals surface area contributed by atoms with Gasteiger partial charge in [-0.3, -0.25) is 0 Å². The van der Waals surface area contributed by atoms with Crippen LogP contribution in [0.5, 0.6) is 0 Å². The van der Waals surface area contributed by atoms with Crippen LogP contribution < -0.4 is 0 Å². The summed E-state index contributed by atoms with van der Waals surface area (Å²) in [6, 6.07) is 29.8. The van der Waals surface area contributed by atoms with E-state index in [4.69, 9.17) is 0 Å². The lowest BCUT2D eigenvalue weighted by molar-refractivity contribution is 0.528. The van der Waals surface area contributed by atoms with Crippen LogP contribution in [-0.2, 0) is 17.3 Å². The van der Waals surface area contributed by atoms with Crippen LogP contribution in [0.2, 0.25) is 0 Å². The van der Waals surface area contributed by atoms with Crippen LogP contribution in [0.4, 0.5) is 0 Å². The van der Waals surface area contributed by atoms with Crippen molar-refractivity contribution in [3.8, 4) is 0 Å². The Balaban J connectivity index is 1.41. The molecular weight excluding hydrogens is 448 g/mol. The molecule has 0 aliphatic carbocycles. The van der Waals surface area contributed by atoms with Crippen LogP contribution in [0.3, 0.4) is 0 Å². The van der Waals surface area contributed by atoms with Gasteiger partial charge in [-0.1, -0.05) is 89.2 Å². The average molecular weight is 479 g/mol. The summed E-state index contributed by atoms with van der Waals surface area (Å²) in [4.78, 5) is 0. The van der Waals surface area contributed by atoms with Crippen molar-refractivity contribution in [2.75, 3.05) is 0 Å². The second-order valence-electron chi connectivity index (χ2n) is 11.2. The van der Waals surface area contributed by atoms with Crippen molar-refractivity contribution in [3.05, 3.63) is 95.6 Å². The summed E-state index contributed by atoms with van der Waals surface area (Å²) in [6.45, 7) is 11.7. The van der Waals surface area contributed by atoms with Crippen molar-refractivity contribution >= 4 is 63.0 Å². The molecular formula is C32H30S2. The molecule has 0 aliphatic rings. The number of benzene rings is 4. The number of hydrogen-bond acceptors (Lipinski definition) is 2. The van der Waals surface area contributed by atoms with E-state index >= 15 is 0 Å². The molecule has 0 unspecified atom stereocenters. The number of thiophene rings is 2. The van der Waals surface area contributed by atoms with E-state index in [1.807, 2.05) is 22.7 Å². The molecule has 2 heteroatoms. The summed E-state index contributed by atoms with van der Waals surface area (Å²) in [5, 5.41) is 5.55. The molecule has 0 atom stereocenters. The summed E-state index contributed by atoms with van der Waals surface area (Å²) in [5.41, 5.74) is 4.49. The molecule has 170 valence electrons. The van der Waals surface area contributed by atoms with E-state index in [0.717, 1.165) is 6.42 Å². The monoisotopic (exact) mass is 478 g/mol. The van der Waals surface area contributed by atoms with Gasteiger partial charge in [-0.2, -0.15) is 0 Å². The molecule has 0 saturated carbocycles. The molecule has 0 spiro atoms. The van der Waals surface area contributed by atoms with Crippen LogP contribution in [-0.4, -0.2) is 0 Å². The fourth-order valence-electron chi connectivity index (χ4n) is 5.28. The van der Waals surface area contributed by atoms with Crippen LogP contribution in [0.15, 0.2) is 78.9 Å². The molecule has 0 aliphatic heterocycles. The lowest BCUT2D eigenvalue weighted by atomic mass is 9.78. The smallest absolute Gasteiger partial charge is 0.0392 e. The van der Waals surface area contributed by atoms with E-state index in [9.17, 15) is 0 Å². The second-order valence-corrected chi connectivity index (χ2v) is 13.4. The van der Waals surface area contributed by atoms with Gasteiger partial charge in [-0.25, -0.2) is 0 Å². The molecule has 6 rings (SSSR count). The number of rotatable bonds is 3. The average Bonchev–Trinajstić information content (AvgIpc) is 3.35. The summed E-state index contributed by atoms with van der Waals surface area (Å²) >= 11 is 3.86. The van der Waals surface area contributed by atoms with Crippen molar-refractivity contribution in [2.45, 2.75) is 51.9 Å². The van der Waals surface area contributed by atoms with Crippen molar-refractivity contribution in [2.24, 2.45) is 0 Å². The van der Waals surface area contributed by atoms with Gasteiger partial charge in [0.1, 0.15) is 0 Å². The van der Waals surface area contributed by atoms with Gasteiger partial charge < -0.3 is 0 Å². The Morgan fingerprint density at radius 2 is 1.32 bits per heavy atom. The molecule has 0 fully saturated rings. The van der Waals surface area contributed by atoms with Gasteiger partial charge in [0.05, 0.1) is 0 Å². The first-order valence-corrected chi connectivity index (χ1v) is 13.7. The SMILES string of the molecule is CC(C)(C)c1ccc2sc3cc(CC(C)(C)c4cccc5c4sc4ccccc45)ccc3c2c1. The maximum absolute atomic E-state index is 2.43. The molecule has 34 heavy (non-hydrogen) atoms. The van der Waals surface area contributed by atoms with Crippen LogP contribution in [0, 0.1) is 0 Å². The van der Waals surface area contributed by atoms with Gasteiger partial charge in [0.15, 0.2) is 0 Å². The van der Waals surface area contributed by atoms with E-state index in [0.29, 0.717) is 0 Å². The van der Waals surface area contributed by atoms with Crippen LogP contribution in [0.25, 0.3) is 40.3 Å². The standard InChI is InChI=1S/C32H30S2/c1-31(2,3)21-14-16-28-25(18-21)23-15-13-20(17-29(23)33-28)19-32(4,5)26-11-8-10-24-22-9-6-7-12-27(22)34-30(24)26/h6-18H,19H2,1-5H3. The largest absolute Gasteiger partial charge is 0.135 e. The molecule has 2 heterocycles. The Hall–Kier alpha value is -2.68. The first kappa shape index (κ1) is 21.8. The van der Waals surface area contributed by atoms with E-state index in [1.54, 1.807) is 0 Å². The quantitative estimate of drug-likeness (QED) is 0.237. The van der Waals surface area contributed by atoms with E-state index < -0.39 is 0 Å². The Kier molecular flexibility index (Phi) is 4.92. The molecule has 0 amide bonds. The topological polar surface area (TPSA) is 0 Å². The molecule has 0 bridgehead atoms. The minimum absolute atomic E-state index is 0.0458. The molecule has 0 nitrogen and oxygen atoms in total. The maximum atomic E-state index is 2.43.